The highest BCUT2D eigenvalue weighted by Gasteiger charge is 2.32. The maximum Gasteiger partial charge on any atom is 0.252 e. The Morgan fingerprint density at radius 1 is 1.53 bits per heavy atom. The third-order valence-electron chi connectivity index (χ3n) is 3.12. The molecule has 0 saturated heterocycles. The van der Waals surface area contributed by atoms with Gasteiger partial charge in [0.1, 0.15) is 0 Å². The van der Waals surface area contributed by atoms with E-state index in [0.29, 0.717) is 17.1 Å². The van der Waals surface area contributed by atoms with Crippen molar-refractivity contribution in [1.82, 2.24) is 5.32 Å². The highest BCUT2D eigenvalue weighted by atomic mass is 79.9. The van der Waals surface area contributed by atoms with Gasteiger partial charge in [0.2, 0.25) is 0 Å². The molecule has 0 atom stereocenters. The van der Waals surface area contributed by atoms with Crippen LogP contribution in [0.1, 0.15) is 29.6 Å². The first-order valence-corrected chi connectivity index (χ1v) is 6.69. The summed E-state index contributed by atoms with van der Waals surface area (Å²) in [5.74, 6) is -0.142. The Labute approximate surface area is 114 Å². The maximum absolute atomic E-state index is 11.9. The molecule has 0 spiro atoms. The van der Waals surface area contributed by atoms with Gasteiger partial charge in [-0.2, -0.15) is 0 Å². The molecule has 0 aliphatic heterocycles. The zero-order valence-corrected chi connectivity index (χ0v) is 11.6. The summed E-state index contributed by atoms with van der Waals surface area (Å²) in [6.07, 6.45) is 3.10. The van der Waals surface area contributed by atoms with Crippen LogP contribution in [-0.4, -0.2) is 18.0 Å². The molecule has 1 aromatic rings. The summed E-state index contributed by atoms with van der Waals surface area (Å²) in [5.41, 5.74) is 6.38. The lowest BCUT2D eigenvalue weighted by molar-refractivity contribution is 0.0929. The molecule has 0 bridgehead atoms. The molecule has 17 heavy (non-hydrogen) atoms. The lowest BCUT2D eigenvalue weighted by atomic mass is 9.78. The molecule has 0 heterocycles. The quantitative estimate of drug-likeness (QED) is 0.900. The number of carbonyl (C=O) groups is 1. The third-order valence-corrected chi connectivity index (χ3v) is 4.05. The lowest BCUT2D eigenvalue weighted by Crippen LogP contribution is -2.54. The van der Waals surface area contributed by atoms with Crippen LogP contribution < -0.4 is 11.1 Å². The monoisotopic (exact) mass is 316 g/mol. The predicted molar refractivity (Wildman–Crippen MR) is 72.3 cm³/mol. The van der Waals surface area contributed by atoms with E-state index >= 15 is 0 Å². The van der Waals surface area contributed by atoms with E-state index < -0.39 is 0 Å². The lowest BCUT2D eigenvalue weighted by Gasteiger charge is -2.38. The van der Waals surface area contributed by atoms with Crippen molar-refractivity contribution in [1.29, 1.82) is 0 Å². The van der Waals surface area contributed by atoms with E-state index in [0.717, 1.165) is 23.7 Å². The third kappa shape index (κ3) is 3.00. The van der Waals surface area contributed by atoms with Crippen LogP contribution in [0, 0.1) is 0 Å². The van der Waals surface area contributed by atoms with Gasteiger partial charge in [0.05, 0.1) is 5.56 Å². The first kappa shape index (κ1) is 12.9. The van der Waals surface area contributed by atoms with Gasteiger partial charge < -0.3 is 11.1 Å². The van der Waals surface area contributed by atoms with E-state index in [9.17, 15) is 4.79 Å². The first-order chi connectivity index (χ1) is 8.00. The van der Waals surface area contributed by atoms with Gasteiger partial charge >= 0.3 is 0 Å². The summed E-state index contributed by atoms with van der Waals surface area (Å²) in [6.45, 7) is 0.519. The highest BCUT2D eigenvalue weighted by Crippen LogP contribution is 2.28. The maximum atomic E-state index is 11.9. The minimum absolute atomic E-state index is 0.142. The molecule has 2 rings (SSSR count). The van der Waals surface area contributed by atoms with Gasteiger partial charge in [-0.15, -0.1) is 0 Å². The summed E-state index contributed by atoms with van der Waals surface area (Å²) < 4.78 is 0.735. The van der Waals surface area contributed by atoms with Gasteiger partial charge in [-0.1, -0.05) is 11.6 Å². The van der Waals surface area contributed by atoms with E-state index in [1.165, 1.54) is 0 Å². The van der Waals surface area contributed by atoms with E-state index in [2.05, 4.69) is 21.2 Å². The summed E-state index contributed by atoms with van der Waals surface area (Å²) in [4.78, 5) is 11.9. The van der Waals surface area contributed by atoms with Gasteiger partial charge in [-0.3, -0.25) is 4.79 Å². The smallest absolute Gasteiger partial charge is 0.252 e. The minimum Gasteiger partial charge on any atom is -0.350 e. The summed E-state index contributed by atoms with van der Waals surface area (Å²) in [5, 5.41) is 3.40. The Bertz CT molecular complexity index is 446. The molecule has 0 aromatic heterocycles. The summed E-state index contributed by atoms with van der Waals surface area (Å²) >= 11 is 9.20. The van der Waals surface area contributed by atoms with E-state index in [1.807, 2.05) is 0 Å². The molecule has 5 heteroatoms. The fourth-order valence-electron chi connectivity index (χ4n) is 1.83. The normalized spacial score (nSPS) is 17.4. The van der Waals surface area contributed by atoms with Crippen LogP contribution >= 0.6 is 27.5 Å². The van der Waals surface area contributed by atoms with Crippen LogP contribution in [0.2, 0.25) is 5.02 Å². The topological polar surface area (TPSA) is 55.1 Å². The van der Waals surface area contributed by atoms with Gasteiger partial charge in [0.15, 0.2) is 0 Å². The number of hydrogen-bond acceptors (Lipinski definition) is 2. The van der Waals surface area contributed by atoms with E-state index in [1.54, 1.807) is 18.2 Å². The molecule has 0 radical (unpaired) electrons. The number of amides is 1. The van der Waals surface area contributed by atoms with Crippen molar-refractivity contribution in [2.24, 2.45) is 5.73 Å². The zero-order chi connectivity index (χ0) is 12.5. The molecule has 1 aromatic carbocycles. The number of nitrogens with two attached hydrogens (primary N) is 1. The second-order valence-electron chi connectivity index (χ2n) is 4.52. The molecule has 1 amide bonds. The van der Waals surface area contributed by atoms with E-state index in [4.69, 9.17) is 17.3 Å². The zero-order valence-electron chi connectivity index (χ0n) is 9.30. The standard InChI is InChI=1S/C12H14BrClN2O/c13-10-3-2-8(14)6-9(10)11(17)16-7-12(15)4-1-5-12/h2-3,6H,1,4-5,7,15H2,(H,16,17). The van der Waals surface area contributed by atoms with Crippen molar-refractivity contribution in [3.63, 3.8) is 0 Å². The Balaban J connectivity index is 2.01. The Morgan fingerprint density at radius 3 is 2.82 bits per heavy atom. The summed E-state index contributed by atoms with van der Waals surface area (Å²) in [7, 11) is 0. The molecule has 3 nitrogen and oxygen atoms in total. The number of nitrogens with one attached hydrogen (secondary N) is 1. The van der Waals surface area contributed by atoms with Crippen LogP contribution in [0.25, 0.3) is 0 Å². The molecule has 0 unspecified atom stereocenters. The van der Waals surface area contributed by atoms with Crippen LogP contribution in [-0.2, 0) is 0 Å². The SMILES string of the molecule is NC1(CNC(=O)c2cc(Cl)ccc2Br)CCC1. The fourth-order valence-corrected chi connectivity index (χ4v) is 2.43. The van der Waals surface area contributed by atoms with Crippen molar-refractivity contribution < 1.29 is 4.79 Å². The average Bonchev–Trinajstić information content (AvgIpc) is 2.26. The molecule has 92 valence electrons. The van der Waals surface area contributed by atoms with Crippen molar-refractivity contribution in [3.05, 3.63) is 33.3 Å². The van der Waals surface area contributed by atoms with Gasteiger partial charge in [0, 0.05) is 21.6 Å². The van der Waals surface area contributed by atoms with Gasteiger partial charge in [-0.25, -0.2) is 0 Å². The predicted octanol–water partition coefficient (Wildman–Crippen LogP) is 2.71. The first-order valence-electron chi connectivity index (χ1n) is 5.52. The van der Waals surface area contributed by atoms with Crippen molar-refractivity contribution in [2.45, 2.75) is 24.8 Å². The molecule has 1 saturated carbocycles. The highest BCUT2D eigenvalue weighted by molar-refractivity contribution is 9.10. The molecule has 1 aliphatic carbocycles. The summed E-state index contributed by atoms with van der Waals surface area (Å²) in [6, 6.07) is 5.14. The van der Waals surface area contributed by atoms with Crippen molar-refractivity contribution in [3.8, 4) is 0 Å². The number of carbonyl (C=O) groups excluding carboxylic acids is 1. The fraction of sp³-hybridized carbons (Fsp3) is 0.417. The number of halogens is 2. The van der Waals surface area contributed by atoms with E-state index in [-0.39, 0.29) is 11.4 Å². The molecular formula is C12H14BrClN2O. The number of rotatable bonds is 3. The molecule has 1 fully saturated rings. The number of hydrogen-bond donors (Lipinski definition) is 2. The minimum atomic E-state index is -0.208. The molecule has 1 aliphatic rings. The Hall–Kier alpha value is -0.580. The van der Waals surface area contributed by atoms with Gasteiger partial charge in [-0.05, 0) is 53.4 Å². The molecular weight excluding hydrogens is 304 g/mol. The van der Waals surface area contributed by atoms with Crippen molar-refractivity contribution in [2.75, 3.05) is 6.54 Å². The number of benzene rings is 1. The van der Waals surface area contributed by atoms with Crippen LogP contribution in [0.4, 0.5) is 0 Å². The molecule has 3 N–H and O–H groups in total. The largest absolute Gasteiger partial charge is 0.350 e. The van der Waals surface area contributed by atoms with Crippen molar-refractivity contribution >= 4 is 33.4 Å². The van der Waals surface area contributed by atoms with Crippen LogP contribution in [0.5, 0.6) is 0 Å². The average molecular weight is 318 g/mol. The van der Waals surface area contributed by atoms with Crippen LogP contribution in [0.15, 0.2) is 22.7 Å². The van der Waals surface area contributed by atoms with Gasteiger partial charge in [0.25, 0.3) is 5.91 Å². The second-order valence-corrected chi connectivity index (χ2v) is 5.81. The second kappa shape index (κ2) is 4.96. The Morgan fingerprint density at radius 2 is 2.24 bits per heavy atom. The van der Waals surface area contributed by atoms with Crippen LogP contribution in [0.3, 0.4) is 0 Å². The Kier molecular flexibility index (Phi) is 3.76.